The smallest absolute Gasteiger partial charge is 0.410 e. The van der Waals surface area contributed by atoms with Crippen LogP contribution in [-0.4, -0.2) is 54.0 Å². The molecular weight excluding hydrogens is 342 g/mol. The fourth-order valence-corrected chi connectivity index (χ4v) is 3.37. The van der Waals surface area contributed by atoms with Crippen molar-refractivity contribution in [3.63, 3.8) is 0 Å². The van der Waals surface area contributed by atoms with Crippen LogP contribution in [0.4, 0.5) is 4.79 Å². The van der Waals surface area contributed by atoms with Gasteiger partial charge in [0.25, 0.3) is 0 Å². The van der Waals surface area contributed by atoms with Crippen LogP contribution in [0.2, 0.25) is 0 Å². The van der Waals surface area contributed by atoms with Crippen LogP contribution < -0.4 is 5.73 Å². The molecule has 0 saturated carbocycles. The number of carbonyl (C=O) groups is 2. The molecule has 1 saturated heterocycles. The zero-order valence-electron chi connectivity index (χ0n) is 16.8. The molecule has 1 fully saturated rings. The van der Waals surface area contributed by atoms with Gasteiger partial charge in [0.05, 0.1) is 6.04 Å². The summed E-state index contributed by atoms with van der Waals surface area (Å²) in [5.74, 6) is 0.366. The van der Waals surface area contributed by atoms with E-state index >= 15 is 0 Å². The number of ether oxygens (including phenoxy) is 1. The predicted octanol–water partition coefficient (Wildman–Crippen LogP) is 2.87. The average Bonchev–Trinajstić information content (AvgIpc) is 2.70. The Morgan fingerprint density at radius 2 is 2.00 bits per heavy atom. The maximum absolute atomic E-state index is 12.6. The van der Waals surface area contributed by atoms with Crippen LogP contribution in [0.25, 0.3) is 0 Å². The van der Waals surface area contributed by atoms with Crippen molar-refractivity contribution < 1.29 is 14.3 Å². The zero-order valence-corrected chi connectivity index (χ0v) is 16.8. The Labute approximate surface area is 162 Å². The van der Waals surface area contributed by atoms with Crippen molar-refractivity contribution in [3.8, 4) is 0 Å². The molecule has 27 heavy (non-hydrogen) atoms. The van der Waals surface area contributed by atoms with E-state index in [4.69, 9.17) is 10.5 Å². The molecule has 0 aliphatic carbocycles. The van der Waals surface area contributed by atoms with Crippen molar-refractivity contribution in [1.29, 1.82) is 0 Å². The maximum atomic E-state index is 12.6. The van der Waals surface area contributed by atoms with E-state index in [9.17, 15) is 9.59 Å². The summed E-state index contributed by atoms with van der Waals surface area (Å²) >= 11 is 0. The minimum Gasteiger partial charge on any atom is -0.445 e. The van der Waals surface area contributed by atoms with Crippen LogP contribution in [0.5, 0.6) is 0 Å². The number of likely N-dealkylation sites (tertiary alicyclic amines) is 1. The topological polar surface area (TPSA) is 75.9 Å². The van der Waals surface area contributed by atoms with Crippen LogP contribution in [0, 0.1) is 11.8 Å². The standard InChI is InChI=1S/C21H33N3O3/c1-4-23(20(25)19(22)16(2)3)13-18-11-8-12-24(14-18)21(26)27-15-17-9-6-5-7-10-17/h5-7,9-10,16,18-19H,4,8,11-15,22H2,1-3H3. The molecule has 0 bridgehead atoms. The van der Waals surface area contributed by atoms with Crippen molar-refractivity contribution in [3.05, 3.63) is 35.9 Å². The highest BCUT2D eigenvalue weighted by Gasteiger charge is 2.29. The van der Waals surface area contributed by atoms with Gasteiger partial charge < -0.3 is 20.3 Å². The number of carbonyl (C=O) groups excluding carboxylic acids is 2. The number of likely N-dealkylation sites (N-methyl/N-ethyl adjacent to an activating group) is 1. The summed E-state index contributed by atoms with van der Waals surface area (Å²) in [7, 11) is 0. The first kappa shape index (κ1) is 21.2. The van der Waals surface area contributed by atoms with Crippen LogP contribution in [0.15, 0.2) is 30.3 Å². The molecule has 1 aromatic carbocycles. The Balaban J connectivity index is 1.86. The van der Waals surface area contributed by atoms with E-state index in [0.29, 0.717) is 26.2 Å². The zero-order chi connectivity index (χ0) is 19.8. The monoisotopic (exact) mass is 375 g/mol. The molecule has 150 valence electrons. The summed E-state index contributed by atoms with van der Waals surface area (Å²) in [5.41, 5.74) is 7.01. The predicted molar refractivity (Wildman–Crippen MR) is 106 cm³/mol. The van der Waals surface area contributed by atoms with E-state index in [1.165, 1.54) is 0 Å². The number of nitrogens with zero attached hydrogens (tertiary/aromatic N) is 2. The third-order valence-electron chi connectivity index (χ3n) is 5.16. The Bertz CT molecular complexity index is 606. The Morgan fingerprint density at radius 3 is 2.63 bits per heavy atom. The molecule has 2 unspecified atom stereocenters. The highest BCUT2D eigenvalue weighted by atomic mass is 16.6. The number of benzene rings is 1. The van der Waals surface area contributed by atoms with Gasteiger partial charge in [0.15, 0.2) is 0 Å². The van der Waals surface area contributed by atoms with E-state index < -0.39 is 6.04 Å². The first-order valence-corrected chi connectivity index (χ1v) is 9.92. The van der Waals surface area contributed by atoms with E-state index in [0.717, 1.165) is 18.4 Å². The summed E-state index contributed by atoms with van der Waals surface area (Å²) in [6.45, 7) is 8.77. The molecule has 1 aliphatic rings. The largest absolute Gasteiger partial charge is 0.445 e. The molecule has 2 atom stereocenters. The SMILES string of the molecule is CCN(CC1CCCN(C(=O)OCc2ccccc2)C1)C(=O)C(N)C(C)C. The number of amides is 2. The van der Waals surface area contributed by atoms with Gasteiger partial charge in [0, 0.05) is 26.2 Å². The first-order valence-electron chi connectivity index (χ1n) is 9.92. The minimum absolute atomic E-state index is 0.00345. The summed E-state index contributed by atoms with van der Waals surface area (Å²) in [4.78, 5) is 28.6. The third-order valence-corrected chi connectivity index (χ3v) is 5.16. The van der Waals surface area contributed by atoms with Crippen molar-refractivity contribution >= 4 is 12.0 Å². The molecule has 6 nitrogen and oxygen atoms in total. The van der Waals surface area contributed by atoms with Gasteiger partial charge in [0.1, 0.15) is 6.61 Å². The summed E-state index contributed by atoms with van der Waals surface area (Å²) in [5, 5.41) is 0. The van der Waals surface area contributed by atoms with E-state index in [1.807, 2.05) is 56.0 Å². The number of rotatable bonds is 7. The lowest BCUT2D eigenvalue weighted by Gasteiger charge is -2.35. The molecule has 2 amide bonds. The fraction of sp³-hybridized carbons (Fsp3) is 0.619. The van der Waals surface area contributed by atoms with Crippen LogP contribution in [-0.2, 0) is 16.1 Å². The fourth-order valence-electron chi connectivity index (χ4n) is 3.37. The Morgan fingerprint density at radius 1 is 1.30 bits per heavy atom. The van der Waals surface area contributed by atoms with Gasteiger partial charge in [-0.3, -0.25) is 4.79 Å². The average molecular weight is 376 g/mol. The van der Waals surface area contributed by atoms with E-state index in [2.05, 4.69) is 0 Å². The van der Waals surface area contributed by atoms with Crippen molar-refractivity contribution in [1.82, 2.24) is 9.80 Å². The van der Waals surface area contributed by atoms with Gasteiger partial charge in [-0.1, -0.05) is 44.2 Å². The molecule has 0 radical (unpaired) electrons. The second-order valence-corrected chi connectivity index (χ2v) is 7.64. The second kappa shape index (κ2) is 10.3. The number of piperidine rings is 1. The maximum Gasteiger partial charge on any atom is 0.410 e. The van der Waals surface area contributed by atoms with Crippen molar-refractivity contribution in [2.75, 3.05) is 26.2 Å². The van der Waals surface area contributed by atoms with E-state index in [1.54, 1.807) is 4.90 Å². The highest BCUT2D eigenvalue weighted by Crippen LogP contribution is 2.19. The Kier molecular flexibility index (Phi) is 8.10. The van der Waals surface area contributed by atoms with Crippen molar-refractivity contribution in [2.45, 2.75) is 46.3 Å². The molecule has 0 aromatic heterocycles. The minimum atomic E-state index is -0.472. The highest BCUT2D eigenvalue weighted by molar-refractivity contribution is 5.81. The summed E-state index contributed by atoms with van der Waals surface area (Å²) < 4.78 is 5.45. The molecule has 1 aromatic rings. The van der Waals surface area contributed by atoms with Crippen LogP contribution in [0.1, 0.15) is 39.2 Å². The lowest BCUT2D eigenvalue weighted by Crippen LogP contribution is -2.50. The second-order valence-electron chi connectivity index (χ2n) is 7.64. The molecular formula is C21H33N3O3. The number of hydrogen-bond donors (Lipinski definition) is 1. The quantitative estimate of drug-likeness (QED) is 0.795. The Hall–Kier alpha value is -2.08. The van der Waals surface area contributed by atoms with Gasteiger partial charge in [0.2, 0.25) is 5.91 Å². The lowest BCUT2D eigenvalue weighted by atomic mass is 9.96. The molecule has 6 heteroatoms. The van der Waals surface area contributed by atoms with Crippen LogP contribution in [0.3, 0.4) is 0 Å². The summed E-state index contributed by atoms with van der Waals surface area (Å²) in [6, 6.07) is 9.20. The molecule has 0 spiro atoms. The van der Waals surface area contributed by atoms with Gasteiger partial charge in [-0.25, -0.2) is 4.79 Å². The van der Waals surface area contributed by atoms with Gasteiger partial charge in [-0.2, -0.15) is 0 Å². The molecule has 2 rings (SSSR count). The van der Waals surface area contributed by atoms with Crippen molar-refractivity contribution in [2.24, 2.45) is 17.6 Å². The van der Waals surface area contributed by atoms with Gasteiger partial charge in [-0.15, -0.1) is 0 Å². The first-order chi connectivity index (χ1) is 12.9. The number of nitrogens with two attached hydrogens (primary N) is 1. The summed E-state index contributed by atoms with van der Waals surface area (Å²) in [6.07, 6.45) is 1.65. The van der Waals surface area contributed by atoms with Crippen LogP contribution >= 0.6 is 0 Å². The normalized spacial score (nSPS) is 18.3. The van der Waals surface area contributed by atoms with E-state index in [-0.39, 0.29) is 30.4 Å². The van der Waals surface area contributed by atoms with Gasteiger partial charge >= 0.3 is 6.09 Å². The van der Waals surface area contributed by atoms with Gasteiger partial charge in [-0.05, 0) is 37.2 Å². The molecule has 2 N–H and O–H groups in total. The lowest BCUT2D eigenvalue weighted by molar-refractivity contribution is -0.134. The third kappa shape index (κ3) is 6.24. The molecule has 1 aliphatic heterocycles. The molecule has 1 heterocycles. The number of hydrogen-bond acceptors (Lipinski definition) is 4.